The van der Waals surface area contributed by atoms with Crippen molar-refractivity contribution in [3.8, 4) is 0 Å². The van der Waals surface area contributed by atoms with Crippen molar-refractivity contribution in [1.29, 1.82) is 0 Å². The Morgan fingerprint density at radius 1 is 1.58 bits per heavy atom. The number of hydrogen-bond acceptors (Lipinski definition) is 3. The van der Waals surface area contributed by atoms with Gasteiger partial charge in [0.15, 0.2) is 0 Å². The lowest BCUT2D eigenvalue weighted by molar-refractivity contribution is -0.142. The monoisotopic (exact) mass is 169 g/mol. The van der Waals surface area contributed by atoms with E-state index in [2.05, 4.69) is 10.1 Å². The van der Waals surface area contributed by atoms with Crippen LogP contribution in [0.5, 0.6) is 0 Å². The lowest BCUT2D eigenvalue weighted by atomic mass is 9.85. The molecule has 3 nitrogen and oxygen atoms in total. The molecule has 1 N–H and O–H groups in total. The molecule has 2 heterocycles. The zero-order chi connectivity index (χ0) is 8.60. The van der Waals surface area contributed by atoms with Gasteiger partial charge in [-0.15, -0.1) is 0 Å². The number of fused-ring (bicyclic) bond motifs is 2. The van der Waals surface area contributed by atoms with E-state index in [9.17, 15) is 4.79 Å². The van der Waals surface area contributed by atoms with Gasteiger partial charge in [0.2, 0.25) is 0 Å². The van der Waals surface area contributed by atoms with Gasteiger partial charge >= 0.3 is 5.97 Å². The summed E-state index contributed by atoms with van der Waals surface area (Å²) in [4.78, 5) is 11.1. The summed E-state index contributed by atoms with van der Waals surface area (Å²) in [5.41, 5.74) is 0.109. The normalized spacial score (nSPS) is 38.6. The number of methoxy groups -OCH3 is 1. The van der Waals surface area contributed by atoms with E-state index in [0.717, 1.165) is 12.8 Å². The Kier molecular flexibility index (Phi) is 1.83. The predicted octanol–water partition coefficient (Wildman–Crippen LogP) is 0.834. The third kappa shape index (κ3) is 1.22. The summed E-state index contributed by atoms with van der Waals surface area (Å²) in [6.07, 6.45) is 5.31. The summed E-state index contributed by atoms with van der Waals surface area (Å²) >= 11 is 0. The molecule has 68 valence electrons. The second-order valence-electron chi connectivity index (χ2n) is 3.95. The molecule has 3 heteroatoms. The Morgan fingerprint density at radius 2 is 2.25 bits per heavy atom. The number of rotatable bonds is 2. The van der Waals surface area contributed by atoms with E-state index in [4.69, 9.17) is 0 Å². The van der Waals surface area contributed by atoms with E-state index in [1.165, 1.54) is 20.0 Å². The van der Waals surface area contributed by atoms with Crippen molar-refractivity contribution in [2.24, 2.45) is 0 Å². The summed E-state index contributed by atoms with van der Waals surface area (Å²) < 4.78 is 4.68. The summed E-state index contributed by atoms with van der Waals surface area (Å²) in [5.74, 6) is -0.0787. The SMILES string of the molecule is COC(=O)CC12CCC(CC1)N2. The average molecular weight is 169 g/mol. The number of nitrogens with one attached hydrogen (secondary N) is 1. The zero-order valence-corrected chi connectivity index (χ0v) is 7.43. The Morgan fingerprint density at radius 3 is 2.67 bits per heavy atom. The maximum atomic E-state index is 11.1. The highest BCUT2D eigenvalue weighted by Gasteiger charge is 2.45. The maximum Gasteiger partial charge on any atom is 0.307 e. The van der Waals surface area contributed by atoms with Crippen LogP contribution in [-0.4, -0.2) is 24.7 Å². The molecule has 0 radical (unpaired) electrons. The molecule has 2 bridgehead atoms. The molecule has 0 atom stereocenters. The Labute approximate surface area is 72.5 Å². The predicted molar refractivity (Wildman–Crippen MR) is 44.8 cm³/mol. The third-order valence-corrected chi connectivity index (χ3v) is 3.16. The average Bonchev–Trinajstić information content (AvgIpc) is 2.63. The highest BCUT2D eigenvalue weighted by Crippen LogP contribution is 2.39. The molecular weight excluding hydrogens is 154 g/mol. The van der Waals surface area contributed by atoms with Crippen LogP contribution in [0.25, 0.3) is 0 Å². The second kappa shape index (κ2) is 2.73. The summed E-state index contributed by atoms with van der Waals surface area (Å²) in [7, 11) is 1.46. The van der Waals surface area contributed by atoms with Gasteiger partial charge in [0.1, 0.15) is 0 Å². The van der Waals surface area contributed by atoms with E-state index >= 15 is 0 Å². The minimum Gasteiger partial charge on any atom is -0.469 e. The lowest BCUT2D eigenvalue weighted by Crippen LogP contribution is -2.38. The van der Waals surface area contributed by atoms with Gasteiger partial charge in [-0.25, -0.2) is 0 Å². The molecule has 2 aliphatic heterocycles. The molecule has 0 unspecified atom stereocenters. The van der Waals surface area contributed by atoms with Crippen molar-refractivity contribution in [2.45, 2.75) is 43.7 Å². The van der Waals surface area contributed by atoms with Crippen molar-refractivity contribution in [3.63, 3.8) is 0 Å². The van der Waals surface area contributed by atoms with Crippen LogP contribution >= 0.6 is 0 Å². The quantitative estimate of drug-likeness (QED) is 0.622. The summed E-state index contributed by atoms with van der Waals surface area (Å²) in [5, 5.41) is 3.51. The molecule has 0 saturated carbocycles. The van der Waals surface area contributed by atoms with Crippen molar-refractivity contribution in [3.05, 3.63) is 0 Å². The van der Waals surface area contributed by atoms with E-state index in [1.54, 1.807) is 0 Å². The molecule has 0 amide bonds. The van der Waals surface area contributed by atoms with Crippen molar-refractivity contribution >= 4 is 5.97 Å². The fourth-order valence-corrected chi connectivity index (χ4v) is 2.47. The molecule has 0 spiro atoms. The summed E-state index contributed by atoms with van der Waals surface area (Å²) in [6.45, 7) is 0. The molecule has 0 aromatic rings. The van der Waals surface area contributed by atoms with Crippen LogP contribution in [-0.2, 0) is 9.53 Å². The molecule has 0 aliphatic carbocycles. The zero-order valence-electron chi connectivity index (χ0n) is 7.43. The van der Waals surface area contributed by atoms with Gasteiger partial charge in [0.05, 0.1) is 13.5 Å². The highest BCUT2D eigenvalue weighted by atomic mass is 16.5. The Bertz CT molecular complexity index is 195. The van der Waals surface area contributed by atoms with Crippen molar-refractivity contribution in [1.82, 2.24) is 5.32 Å². The maximum absolute atomic E-state index is 11.1. The smallest absolute Gasteiger partial charge is 0.307 e. The summed E-state index contributed by atoms with van der Waals surface area (Å²) in [6, 6.07) is 0.676. The minimum atomic E-state index is -0.0787. The minimum absolute atomic E-state index is 0.0787. The second-order valence-corrected chi connectivity index (χ2v) is 3.95. The first kappa shape index (κ1) is 8.05. The first-order valence-electron chi connectivity index (χ1n) is 4.59. The van der Waals surface area contributed by atoms with E-state index < -0.39 is 0 Å². The Balaban J connectivity index is 1.98. The fraction of sp³-hybridized carbons (Fsp3) is 0.889. The van der Waals surface area contributed by atoms with Crippen LogP contribution in [0.3, 0.4) is 0 Å². The van der Waals surface area contributed by atoms with Gasteiger partial charge in [-0.05, 0) is 25.7 Å². The molecule has 0 aromatic carbocycles. The third-order valence-electron chi connectivity index (χ3n) is 3.16. The Hall–Kier alpha value is -0.570. The number of esters is 1. The molecule has 2 aliphatic rings. The lowest BCUT2D eigenvalue weighted by Gasteiger charge is -2.24. The van der Waals surface area contributed by atoms with Gasteiger partial charge in [-0.2, -0.15) is 0 Å². The van der Waals surface area contributed by atoms with Crippen LogP contribution in [0.2, 0.25) is 0 Å². The van der Waals surface area contributed by atoms with Crippen molar-refractivity contribution in [2.75, 3.05) is 7.11 Å². The number of ether oxygens (including phenoxy) is 1. The van der Waals surface area contributed by atoms with Crippen molar-refractivity contribution < 1.29 is 9.53 Å². The number of carbonyl (C=O) groups is 1. The molecule has 2 rings (SSSR count). The van der Waals surface area contributed by atoms with Crippen LogP contribution in [0.15, 0.2) is 0 Å². The van der Waals surface area contributed by atoms with E-state index in [-0.39, 0.29) is 11.5 Å². The largest absolute Gasteiger partial charge is 0.469 e. The van der Waals surface area contributed by atoms with Crippen LogP contribution in [0.4, 0.5) is 0 Å². The molecule has 2 fully saturated rings. The molecular formula is C9H15NO2. The van der Waals surface area contributed by atoms with E-state index in [0.29, 0.717) is 12.5 Å². The van der Waals surface area contributed by atoms with Gasteiger partial charge in [0.25, 0.3) is 0 Å². The van der Waals surface area contributed by atoms with Gasteiger partial charge < -0.3 is 10.1 Å². The van der Waals surface area contributed by atoms with Gasteiger partial charge in [0, 0.05) is 11.6 Å². The standard InChI is InChI=1S/C9H15NO2/c1-12-8(11)6-9-4-2-7(10-9)3-5-9/h7,10H,2-6H2,1H3. The van der Waals surface area contributed by atoms with Crippen LogP contribution in [0.1, 0.15) is 32.1 Å². The first-order chi connectivity index (χ1) is 5.74. The van der Waals surface area contributed by atoms with Crippen LogP contribution < -0.4 is 5.32 Å². The van der Waals surface area contributed by atoms with Gasteiger partial charge in [-0.1, -0.05) is 0 Å². The van der Waals surface area contributed by atoms with Crippen LogP contribution in [0, 0.1) is 0 Å². The van der Waals surface area contributed by atoms with Gasteiger partial charge in [-0.3, -0.25) is 4.79 Å². The number of hydrogen-bond donors (Lipinski definition) is 1. The molecule has 0 aromatic heterocycles. The molecule has 12 heavy (non-hydrogen) atoms. The van der Waals surface area contributed by atoms with E-state index in [1.807, 2.05) is 0 Å². The first-order valence-corrected chi connectivity index (χ1v) is 4.59. The highest BCUT2D eigenvalue weighted by molar-refractivity contribution is 5.71. The number of carbonyl (C=O) groups excluding carboxylic acids is 1. The molecule has 2 saturated heterocycles. The topological polar surface area (TPSA) is 38.3 Å². The fourth-order valence-electron chi connectivity index (χ4n) is 2.47.